The minimum Gasteiger partial charge on any atom is -0.387 e. The average Bonchev–Trinajstić information content (AvgIpc) is 2.47. The number of carbonyl (C=O) groups excluding carboxylic acids is 1. The molecule has 0 bridgehead atoms. The summed E-state index contributed by atoms with van der Waals surface area (Å²) in [5, 5.41) is 0.394. The summed E-state index contributed by atoms with van der Waals surface area (Å²) in [5.74, 6) is -1.64. The van der Waals surface area contributed by atoms with Crippen molar-refractivity contribution in [3.63, 3.8) is 0 Å². The number of halogens is 2. The molecule has 0 aliphatic heterocycles. The standard InChI is InChI=1S/C14H12ClFN4O2/c1-20(2)8-18-12-11(16)7-17-14(19-12)22-13(21)9-4-3-5-10(15)6-9/h3-8H,1-2H3. The molecule has 0 aliphatic rings. The molecule has 2 rings (SSSR count). The molecule has 8 heteroatoms. The number of hydrogen-bond acceptors (Lipinski definition) is 5. The second-order valence-electron chi connectivity index (χ2n) is 4.43. The second kappa shape index (κ2) is 6.95. The minimum absolute atomic E-state index is 0.224. The van der Waals surface area contributed by atoms with Crippen LogP contribution in [-0.4, -0.2) is 41.3 Å². The molecular formula is C14H12ClFN4O2. The predicted octanol–water partition coefficient (Wildman–Crippen LogP) is 2.71. The Morgan fingerprint density at radius 2 is 2.23 bits per heavy atom. The van der Waals surface area contributed by atoms with E-state index < -0.39 is 11.8 Å². The van der Waals surface area contributed by atoms with Crippen molar-refractivity contribution in [2.45, 2.75) is 0 Å². The number of aromatic nitrogens is 2. The maximum absolute atomic E-state index is 13.5. The van der Waals surface area contributed by atoms with E-state index in [4.69, 9.17) is 16.3 Å². The van der Waals surface area contributed by atoms with Crippen molar-refractivity contribution in [2.24, 2.45) is 4.99 Å². The minimum atomic E-state index is -0.722. The van der Waals surface area contributed by atoms with E-state index in [2.05, 4.69) is 15.0 Å². The van der Waals surface area contributed by atoms with Crippen LogP contribution < -0.4 is 4.74 Å². The topological polar surface area (TPSA) is 67.7 Å². The maximum Gasteiger partial charge on any atom is 0.346 e. The number of rotatable bonds is 4. The molecule has 0 radical (unpaired) electrons. The number of aliphatic imine (C=N–C) groups is 1. The highest BCUT2D eigenvalue weighted by molar-refractivity contribution is 6.30. The van der Waals surface area contributed by atoms with Crippen LogP contribution in [0.15, 0.2) is 35.5 Å². The molecule has 0 saturated carbocycles. The van der Waals surface area contributed by atoms with E-state index in [1.807, 2.05) is 0 Å². The summed E-state index contributed by atoms with van der Waals surface area (Å²) >= 11 is 5.80. The molecule has 0 spiro atoms. The number of hydrogen-bond donors (Lipinski definition) is 0. The summed E-state index contributed by atoms with van der Waals surface area (Å²) in [6, 6.07) is 5.91. The lowest BCUT2D eigenvalue weighted by molar-refractivity contribution is 0.0719. The molecule has 0 fully saturated rings. The lowest BCUT2D eigenvalue weighted by atomic mass is 10.2. The highest BCUT2D eigenvalue weighted by atomic mass is 35.5. The van der Waals surface area contributed by atoms with Crippen LogP contribution in [0.1, 0.15) is 10.4 Å². The Kier molecular flexibility index (Phi) is 5.00. The van der Waals surface area contributed by atoms with E-state index in [1.54, 1.807) is 31.1 Å². The first-order valence-electron chi connectivity index (χ1n) is 6.16. The Morgan fingerprint density at radius 1 is 1.45 bits per heavy atom. The Morgan fingerprint density at radius 3 is 2.91 bits per heavy atom. The summed E-state index contributed by atoms with van der Waals surface area (Å²) in [4.78, 5) is 24.7. The fourth-order valence-corrected chi connectivity index (χ4v) is 1.60. The van der Waals surface area contributed by atoms with Crippen molar-refractivity contribution in [2.75, 3.05) is 14.1 Å². The van der Waals surface area contributed by atoms with E-state index in [-0.39, 0.29) is 17.4 Å². The zero-order valence-electron chi connectivity index (χ0n) is 11.8. The normalized spacial score (nSPS) is 10.7. The fourth-order valence-electron chi connectivity index (χ4n) is 1.41. The Balaban J connectivity index is 2.19. The third kappa shape index (κ3) is 4.23. The van der Waals surface area contributed by atoms with Gasteiger partial charge in [-0.25, -0.2) is 19.2 Å². The molecule has 0 N–H and O–H groups in total. The smallest absolute Gasteiger partial charge is 0.346 e. The highest BCUT2D eigenvalue weighted by Crippen LogP contribution is 2.17. The molecular weight excluding hydrogens is 311 g/mol. The van der Waals surface area contributed by atoms with Gasteiger partial charge in [-0.2, -0.15) is 4.98 Å². The molecule has 114 valence electrons. The molecule has 0 aliphatic carbocycles. The van der Waals surface area contributed by atoms with Crippen molar-refractivity contribution >= 4 is 29.7 Å². The number of ether oxygens (including phenoxy) is 1. The first kappa shape index (κ1) is 15.8. The molecule has 2 aromatic rings. The Hall–Kier alpha value is -2.54. The van der Waals surface area contributed by atoms with E-state index >= 15 is 0 Å². The van der Waals surface area contributed by atoms with Gasteiger partial charge in [-0.15, -0.1) is 0 Å². The third-order valence-corrected chi connectivity index (χ3v) is 2.59. The fraction of sp³-hybridized carbons (Fsp3) is 0.143. The van der Waals surface area contributed by atoms with Gasteiger partial charge in [-0.3, -0.25) is 0 Å². The third-order valence-electron chi connectivity index (χ3n) is 2.36. The van der Waals surface area contributed by atoms with Gasteiger partial charge in [0, 0.05) is 19.1 Å². The molecule has 1 aromatic carbocycles. The van der Waals surface area contributed by atoms with Gasteiger partial charge in [0.25, 0.3) is 0 Å². The summed E-state index contributed by atoms with van der Waals surface area (Å²) in [6.45, 7) is 0. The molecule has 22 heavy (non-hydrogen) atoms. The number of carbonyl (C=O) groups is 1. The number of esters is 1. The summed E-state index contributed by atoms with van der Waals surface area (Å²) < 4.78 is 18.5. The number of nitrogens with zero attached hydrogens (tertiary/aromatic N) is 4. The molecule has 1 aromatic heterocycles. The zero-order valence-corrected chi connectivity index (χ0v) is 12.6. The molecule has 0 amide bonds. The van der Waals surface area contributed by atoms with Gasteiger partial charge < -0.3 is 9.64 Å². The first-order chi connectivity index (χ1) is 10.5. The van der Waals surface area contributed by atoms with Crippen LogP contribution in [0.25, 0.3) is 0 Å². The average molecular weight is 323 g/mol. The largest absolute Gasteiger partial charge is 0.387 e. The first-order valence-corrected chi connectivity index (χ1v) is 6.54. The van der Waals surface area contributed by atoms with Gasteiger partial charge in [0.1, 0.15) is 0 Å². The van der Waals surface area contributed by atoms with Crippen LogP contribution in [-0.2, 0) is 0 Å². The van der Waals surface area contributed by atoms with E-state index in [1.165, 1.54) is 18.5 Å². The van der Waals surface area contributed by atoms with Crippen LogP contribution in [0.4, 0.5) is 10.2 Å². The van der Waals surface area contributed by atoms with E-state index in [0.717, 1.165) is 6.20 Å². The SMILES string of the molecule is CN(C)C=Nc1nc(OC(=O)c2cccc(Cl)c2)ncc1F. The zero-order chi connectivity index (χ0) is 16.1. The van der Waals surface area contributed by atoms with Crippen molar-refractivity contribution in [1.82, 2.24) is 14.9 Å². The quantitative estimate of drug-likeness (QED) is 0.492. The molecule has 0 saturated heterocycles. The molecule has 0 atom stereocenters. The molecule has 1 heterocycles. The summed E-state index contributed by atoms with van der Waals surface area (Å²) in [6.07, 6.45) is 2.25. The van der Waals surface area contributed by atoms with Crippen LogP contribution in [0, 0.1) is 5.82 Å². The molecule has 6 nitrogen and oxygen atoms in total. The van der Waals surface area contributed by atoms with Gasteiger partial charge in [-0.1, -0.05) is 17.7 Å². The maximum atomic E-state index is 13.5. The van der Waals surface area contributed by atoms with E-state index in [0.29, 0.717) is 5.02 Å². The van der Waals surface area contributed by atoms with Gasteiger partial charge in [-0.05, 0) is 18.2 Å². The second-order valence-corrected chi connectivity index (χ2v) is 4.87. The Bertz CT molecular complexity index is 722. The van der Waals surface area contributed by atoms with Crippen molar-refractivity contribution in [3.05, 3.63) is 46.9 Å². The predicted molar refractivity (Wildman–Crippen MR) is 80.2 cm³/mol. The highest BCUT2D eigenvalue weighted by Gasteiger charge is 2.13. The van der Waals surface area contributed by atoms with Crippen molar-refractivity contribution in [1.29, 1.82) is 0 Å². The van der Waals surface area contributed by atoms with Crippen LogP contribution >= 0.6 is 11.6 Å². The van der Waals surface area contributed by atoms with E-state index in [9.17, 15) is 9.18 Å². The van der Waals surface area contributed by atoms with Crippen molar-refractivity contribution in [3.8, 4) is 6.01 Å². The van der Waals surface area contributed by atoms with Gasteiger partial charge in [0.15, 0.2) is 11.6 Å². The lowest BCUT2D eigenvalue weighted by Gasteiger charge is -2.05. The van der Waals surface area contributed by atoms with Gasteiger partial charge in [0.05, 0.1) is 18.1 Å². The van der Waals surface area contributed by atoms with Crippen LogP contribution in [0.2, 0.25) is 5.02 Å². The Labute approximate surface area is 131 Å². The van der Waals surface area contributed by atoms with Gasteiger partial charge in [0.2, 0.25) is 0 Å². The monoisotopic (exact) mass is 322 g/mol. The van der Waals surface area contributed by atoms with Crippen LogP contribution in [0.3, 0.4) is 0 Å². The summed E-state index contributed by atoms with van der Waals surface area (Å²) in [5.41, 5.74) is 0.235. The summed E-state index contributed by atoms with van der Waals surface area (Å²) in [7, 11) is 3.45. The van der Waals surface area contributed by atoms with Crippen LogP contribution in [0.5, 0.6) is 6.01 Å². The van der Waals surface area contributed by atoms with Crippen molar-refractivity contribution < 1.29 is 13.9 Å². The lowest BCUT2D eigenvalue weighted by Crippen LogP contribution is -2.11. The number of benzene rings is 1. The van der Waals surface area contributed by atoms with Gasteiger partial charge >= 0.3 is 12.0 Å². The molecule has 0 unspecified atom stereocenters.